The van der Waals surface area contributed by atoms with Crippen LogP contribution in [0.25, 0.3) is 16.9 Å². The van der Waals surface area contributed by atoms with Crippen molar-refractivity contribution < 1.29 is 26.7 Å². The number of pyridine rings is 1. The van der Waals surface area contributed by atoms with Crippen LogP contribution in [0, 0.1) is 6.92 Å². The zero-order chi connectivity index (χ0) is 27.0. The van der Waals surface area contributed by atoms with E-state index in [1.807, 2.05) is 6.92 Å². The molecule has 0 bridgehead atoms. The molecule has 0 radical (unpaired) electrons. The van der Waals surface area contributed by atoms with Crippen LogP contribution in [0.1, 0.15) is 35.7 Å². The number of alkyl halides is 5. The minimum absolute atomic E-state index is 0.00319. The first kappa shape index (κ1) is 25.8. The number of hydrogen-bond acceptors (Lipinski definition) is 7. The van der Waals surface area contributed by atoms with Crippen LogP contribution in [0.3, 0.4) is 0 Å². The van der Waals surface area contributed by atoms with Gasteiger partial charge in [0.1, 0.15) is 17.9 Å². The van der Waals surface area contributed by atoms with E-state index in [0.717, 1.165) is 5.69 Å². The third-order valence-electron chi connectivity index (χ3n) is 6.42. The van der Waals surface area contributed by atoms with E-state index in [9.17, 15) is 22.0 Å². The number of imidazole rings is 1. The summed E-state index contributed by atoms with van der Waals surface area (Å²) in [4.78, 5) is 10.2. The molecule has 4 aromatic rings. The van der Waals surface area contributed by atoms with Crippen molar-refractivity contribution in [2.75, 3.05) is 32.1 Å². The highest BCUT2D eigenvalue weighted by Gasteiger charge is 2.36. The van der Waals surface area contributed by atoms with Crippen molar-refractivity contribution in [3.05, 3.63) is 59.7 Å². The van der Waals surface area contributed by atoms with Crippen LogP contribution in [0.4, 0.5) is 33.5 Å². The summed E-state index contributed by atoms with van der Waals surface area (Å²) in [7, 11) is 1.52. The lowest BCUT2D eigenvalue weighted by atomic mass is 9.99. The van der Waals surface area contributed by atoms with Crippen molar-refractivity contribution in [2.24, 2.45) is 0 Å². The predicted octanol–water partition coefficient (Wildman–Crippen LogP) is 5.56. The Balaban J connectivity index is 1.52. The molecule has 1 unspecified atom stereocenters. The van der Waals surface area contributed by atoms with Gasteiger partial charge in [0, 0.05) is 24.1 Å². The Morgan fingerprint density at radius 3 is 2.63 bits per heavy atom. The van der Waals surface area contributed by atoms with E-state index in [1.165, 1.54) is 30.5 Å². The number of fused-ring (bicyclic) bond motifs is 1. The Hall–Kier alpha value is -3.87. The maximum absolute atomic E-state index is 13.9. The molecular formula is C25H24F5N7O. The molecule has 3 aromatic heterocycles. The maximum atomic E-state index is 13.9. The number of halogens is 5. The number of likely N-dealkylation sites (tertiary alicyclic amines) is 1. The molecule has 0 aliphatic carbocycles. The molecule has 1 aliphatic heterocycles. The molecular weight excluding hydrogens is 509 g/mol. The Labute approximate surface area is 214 Å². The fourth-order valence-corrected chi connectivity index (χ4v) is 4.66. The van der Waals surface area contributed by atoms with E-state index in [2.05, 4.69) is 25.5 Å². The smallest absolute Gasteiger partial charge is 0.401 e. The molecule has 1 aromatic carbocycles. The Bertz CT molecular complexity index is 1440. The molecule has 1 fully saturated rings. The molecule has 8 nitrogen and oxygen atoms in total. The van der Waals surface area contributed by atoms with Gasteiger partial charge >= 0.3 is 6.18 Å². The number of methoxy groups -OCH3 is 1. The summed E-state index contributed by atoms with van der Waals surface area (Å²) in [6, 6.07) is 9.80. The van der Waals surface area contributed by atoms with E-state index < -0.39 is 25.1 Å². The zero-order valence-corrected chi connectivity index (χ0v) is 20.5. The van der Waals surface area contributed by atoms with Gasteiger partial charge in [0.2, 0.25) is 0 Å². The number of nitrogens with zero attached hydrogens (tertiary/aromatic N) is 6. The molecule has 0 amide bonds. The van der Waals surface area contributed by atoms with Gasteiger partial charge in [-0.3, -0.25) is 9.47 Å². The third kappa shape index (κ3) is 5.37. The number of ether oxygens (including phenoxy) is 1. The monoisotopic (exact) mass is 533 g/mol. The molecule has 0 spiro atoms. The fraction of sp³-hybridized carbons (Fsp3) is 0.360. The number of anilines is 2. The maximum Gasteiger partial charge on any atom is 0.401 e. The van der Waals surface area contributed by atoms with Gasteiger partial charge in [-0.05, 0) is 50.2 Å². The van der Waals surface area contributed by atoms with E-state index in [-0.39, 0.29) is 24.3 Å². The number of aryl methyl sites for hydroxylation is 1. The Morgan fingerprint density at radius 1 is 1.13 bits per heavy atom. The van der Waals surface area contributed by atoms with Gasteiger partial charge in [0.25, 0.3) is 6.43 Å². The lowest BCUT2D eigenvalue weighted by molar-refractivity contribution is -0.143. The molecule has 1 aliphatic rings. The normalized spacial score (nSPS) is 16.5. The van der Waals surface area contributed by atoms with Crippen molar-refractivity contribution in [2.45, 2.75) is 31.9 Å². The van der Waals surface area contributed by atoms with Crippen LogP contribution in [-0.4, -0.2) is 62.6 Å². The van der Waals surface area contributed by atoms with Crippen LogP contribution in [0.15, 0.2) is 42.7 Å². The minimum Gasteiger partial charge on any atom is -0.494 e. The molecule has 1 N–H and O–H groups in total. The fourth-order valence-electron chi connectivity index (χ4n) is 4.66. The van der Waals surface area contributed by atoms with Gasteiger partial charge in [-0.25, -0.2) is 18.7 Å². The second-order valence-electron chi connectivity index (χ2n) is 9.12. The van der Waals surface area contributed by atoms with Crippen LogP contribution in [0.5, 0.6) is 5.75 Å². The zero-order valence-electron chi connectivity index (χ0n) is 20.5. The topological polar surface area (TPSA) is 81.0 Å². The summed E-state index contributed by atoms with van der Waals surface area (Å²) in [5.41, 5.74) is 2.34. The van der Waals surface area contributed by atoms with Crippen LogP contribution < -0.4 is 10.1 Å². The van der Waals surface area contributed by atoms with Crippen molar-refractivity contribution in [3.8, 4) is 11.6 Å². The summed E-state index contributed by atoms with van der Waals surface area (Å²) in [5.74, 6) is 0.772. The molecule has 4 heterocycles. The lowest BCUT2D eigenvalue weighted by Gasteiger charge is -2.19. The van der Waals surface area contributed by atoms with E-state index in [0.29, 0.717) is 40.5 Å². The van der Waals surface area contributed by atoms with Crippen LogP contribution in [0.2, 0.25) is 0 Å². The van der Waals surface area contributed by atoms with Gasteiger partial charge in [-0.1, -0.05) is 0 Å². The number of benzene rings is 1. The average Bonchev–Trinajstić information content (AvgIpc) is 3.50. The summed E-state index contributed by atoms with van der Waals surface area (Å²) < 4.78 is 73.5. The number of nitrogens with one attached hydrogen (secondary N) is 1. The SMILES string of the molecule is COc1cc2ncn(-c3ccc(C(F)F)c(C4CCN(CC(F)(F)F)C4)n3)c2cc1Nc1ccc(C)nn1. The van der Waals surface area contributed by atoms with E-state index >= 15 is 0 Å². The molecule has 1 atom stereocenters. The molecule has 1 saturated heterocycles. The largest absolute Gasteiger partial charge is 0.494 e. The summed E-state index contributed by atoms with van der Waals surface area (Å²) in [6.07, 6.45) is -5.35. The van der Waals surface area contributed by atoms with Crippen molar-refractivity contribution in [3.63, 3.8) is 0 Å². The van der Waals surface area contributed by atoms with Crippen molar-refractivity contribution in [1.29, 1.82) is 0 Å². The third-order valence-corrected chi connectivity index (χ3v) is 6.42. The highest BCUT2D eigenvalue weighted by molar-refractivity contribution is 5.85. The number of aromatic nitrogens is 5. The van der Waals surface area contributed by atoms with Gasteiger partial charge in [-0.15, -0.1) is 5.10 Å². The summed E-state index contributed by atoms with van der Waals surface area (Å²) in [6.45, 7) is 0.900. The summed E-state index contributed by atoms with van der Waals surface area (Å²) >= 11 is 0. The number of hydrogen-bond donors (Lipinski definition) is 1. The van der Waals surface area contributed by atoms with Crippen molar-refractivity contribution >= 4 is 22.5 Å². The highest BCUT2D eigenvalue weighted by atomic mass is 19.4. The van der Waals surface area contributed by atoms with Crippen LogP contribution >= 0.6 is 0 Å². The molecule has 200 valence electrons. The standard InChI is InChI=1S/C25H24F5N7O/c1-14-3-5-21(35-34-14)32-18-9-19-17(10-20(18)38-2)31-13-37(19)22-6-4-16(24(26)27)23(33-22)15-7-8-36(11-15)12-25(28,29)30/h3-6,9-10,13,15,24H,7-8,11-12H2,1-2H3,(H,32,35). The number of rotatable bonds is 7. The van der Waals surface area contributed by atoms with E-state index in [4.69, 9.17) is 4.74 Å². The average molecular weight is 534 g/mol. The Kier molecular flexibility index (Phi) is 6.86. The first-order valence-electron chi connectivity index (χ1n) is 11.8. The predicted molar refractivity (Wildman–Crippen MR) is 130 cm³/mol. The minimum atomic E-state index is -4.36. The van der Waals surface area contributed by atoms with Crippen LogP contribution in [-0.2, 0) is 0 Å². The Morgan fingerprint density at radius 2 is 1.95 bits per heavy atom. The molecule has 0 saturated carbocycles. The second kappa shape index (κ2) is 10.1. The highest BCUT2D eigenvalue weighted by Crippen LogP contribution is 2.36. The second-order valence-corrected chi connectivity index (χ2v) is 9.12. The van der Waals surface area contributed by atoms with E-state index in [1.54, 1.807) is 28.8 Å². The lowest BCUT2D eigenvalue weighted by Crippen LogP contribution is -2.32. The van der Waals surface area contributed by atoms with Gasteiger partial charge < -0.3 is 10.1 Å². The molecule has 5 rings (SSSR count). The first-order chi connectivity index (χ1) is 18.1. The molecule has 13 heteroatoms. The van der Waals surface area contributed by atoms with Gasteiger partial charge in [0.05, 0.1) is 41.8 Å². The quantitative estimate of drug-likeness (QED) is 0.312. The van der Waals surface area contributed by atoms with Gasteiger partial charge in [0.15, 0.2) is 5.82 Å². The van der Waals surface area contributed by atoms with Gasteiger partial charge in [-0.2, -0.15) is 18.3 Å². The first-order valence-corrected chi connectivity index (χ1v) is 11.8. The molecule has 38 heavy (non-hydrogen) atoms. The van der Waals surface area contributed by atoms with Crippen molar-refractivity contribution in [1.82, 2.24) is 29.6 Å². The summed E-state index contributed by atoms with van der Waals surface area (Å²) in [5, 5.41) is 11.3.